The van der Waals surface area contributed by atoms with Crippen molar-refractivity contribution in [2.45, 2.75) is 33.1 Å². The lowest BCUT2D eigenvalue weighted by Gasteiger charge is -2.36. The molecule has 0 saturated carbocycles. The first kappa shape index (κ1) is 15.7. The molecule has 2 heteroatoms. The predicted molar refractivity (Wildman–Crippen MR) is 91.3 cm³/mol. The third kappa shape index (κ3) is 2.42. The molecule has 2 aromatic carbocycles. The largest absolute Gasteiger partial charge is 0.204 e. The highest BCUT2D eigenvalue weighted by Crippen LogP contribution is 2.46. The maximum Gasteiger partial charge on any atom is 0.163 e. The Kier molecular flexibility index (Phi) is 3.71. The van der Waals surface area contributed by atoms with Gasteiger partial charge < -0.3 is 0 Å². The Labute approximate surface area is 136 Å². The monoisotopic (exact) mass is 310 g/mol. The summed E-state index contributed by atoms with van der Waals surface area (Å²) in [6, 6.07) is 12.8. The van der Waals surface area contributed by atoms with Crippen molar-refractivity contribution in [3.63, 3.8) is 0 Å². The van der Waals surface area contributed by atoms with E-state index in [9.17, 15) is 8.78 Å². The smallest absolute Gasteiger partial charge is 0.163 e. The first-order valence-corrected chi connectivity index (χ1v) is 7.78. The average molecular weight is 310 g/mol. The van der Waals surface area contributed by atoms with Crippen LogP contribution in [0.3, 0.4) is 0 Å². The minimum Gasteiger partial charge on any atom is -0.204 e. The van der Waals surface area contributed by atoms with E-state index in [4.69, 9.17) is 0 Å². The van der Waals surface area contributed by atoms with Gasteiger partial charge in [0.05, 0.1) is 0 Å². The minimum absolute atomic E-state index is 0.440. The standard InChI is InChI=1S/C21H20F2/c1-13(2)17-12-16(14-8-6-5-7-9-14)15-10-11-18(22)20(23)19(15)21(17,3)4/h5-12H,1-4H3. The Hall–Kier alpha value is -2.22. The van der Waals surface area contributed by atoms with Crippen molar-refractivity contribution in [2.24, 2.45) is 0 Å². The molecule has 0 saturated heterocycles. The van der Waals surface area contributed by atoms with Gasteiger partial charge in [0.25, 0.3) is 0 Å². The Balaban J connectivity index is 2.40. The van der Waals surface area contributed by atoms with E-state index in [1.807, 2.05) is 58.0 Å². The number of halogens is 2. The molecule has 0 amide bonds. The van der Waals surface area contributed by atoms with Gasteiger partial charge in [-0.15, -0.1) is 0 Å². The zero-order valence-corrected chi connectivity index (χ0v) is 13.9. The second-order valence-electron chi connectivity index (χ2n) is 6.75. The average Bonchev–Trinajstić information content (AvgIpc) is 2.50. The van der Waals surface area contributed by atoms with Crippen LogP contribution in [0.2, 0.25) is 0 Å². The number of allylic oxidation sites excluding steroid dienone is 3. The molecule has 0 fully saturated rings. The molecular formula is C21H20F2. The topological polar surface area (TPSA) is 0 Å². The lowest BCUT2D eigenvalue weighted by atomic mass is 9.67. The molecule has 0 bridgehead atoms. The summed E-state index contributed by atoms with van der Waals surface area (Å²) in [5.41, 5.74) is 4.73. The first-order valence-electron chi connectivity index (χ1n) is 7.78. The van der Waals surface area contributed by atoms with E-state index in [0.29, 0.717) is 5.56 Å². The molecule has 3 rings (SSSR count). The van der Waals surface area contributed by atoms with Gasteiger partial charge in [-0.1, -0.05) is 55.8 Å². The molecule has 0 spiro atoms. The molecule has 0 N–H and O–H groups in total. The molecule has 0 heterocycles. The normalized spacial score (nSPS) is 15.9. The lowest BCUT2D eigenvalue weighted by molar-refractivity contribution is 0.472. The summed E-state index contributed by atoms with van der Waals surface area (Å²) in [5, 5.41) is 0. The Morgan fingerprint density at radius 2 is 1.57 bits per heavy atom. The number of hydrogen-bond donors (Lipinski definition) is 0. The third-order valence-electron chi connectivity index (χ3n) is 4.60. The number of rotatable bonds is 1. The van der Waals surface area contributed by atoms with Gasteiger partial charge in [-0.25, -0.2) is 8.78 Å². The van der Waals surface area contributed by atoms with Crippen molar-refractivity contribution < 1.29 is 8.78 Å². The van der Waals surface area contributed by atoms with Gasteiger partial charge >= 0.3 is 0 Å². The molecule has 0 aliphatic heterocycles. The molecule has 0 aromatic heterocycles. The molecule has 118 valence electrons. The Bertz CT molecular complexity index is 820. The number of hydrogen-bond acceptors (Lipinski definition) is 0. The molecule has 1 aliphatic carbocycles. The zero-order valence-electron chi connectivity index (χ0n) is 13.9. The maximum atomic E-state index is 14.7. The van der Waals surface area contributed by atoms with Crippen LogP contribution in [0.5, 0.6) is 0 Å². The summed E-state index contributed by atoms with van der Waals surface area (Å²) < 4.78 is 28.6. The summed E-state index contributed by atoms with van der Waals surface area (Å²) >= 11 is 0. The van der Waals surface area contributed by atoms with Gasteiger partial charge in [-0.2, -0.15) is 0 Å². The highest BCUT2D eigenvalue weighted by atomic mass is 19.2. The van der Waals surface area contributed by atoms with Crippen molar-refractivity contribution in [1.82, 2.24) is 0 Å². The number of benzene rings is 2. The van der Waals surface area contributed by atoms with Gasteiger partial charge in [0.1, 0.15) is 0 Å². The molecule has 23 heavy (non-hydrogen) atoms. The van der Waals surface area contributed by atoms with Crippen LogP contribution >= 0.6 is 0 Å². The summed E-state index contributed by atoms with van der Waals surface area (Å²) in [7, 11) is 0. The van der Waals surface area contributed by atoms with E-state index in [2.05, 4.69) is 6.08 Å². The Morgan fingerprint density at radius 1 is 0.913 bits per heavy atom. The summed E-state index contributed by atoms with van der Waals surface area (Å²) in [5.74, 6) is -1.54. The first-order chi connectivity index (χ1) is 10.8. The highest BCUT2D eigenvalue weighted by Gasteiger charge is 2.36. The van der Waals surface area contributed by atoms with E-state index in [-0.39, 0.29) is 0 Å². The van der Waals surface area contributed by atoms with Gasteiger partial charge in [-0.3, -0.25) is 0 Å². The van der Waals surface area contributed by atoms with Crippen LogP contribution in [-0.4, -0.2) is 0 Å². The molecule has 0 nitrogen and oxygen atoms in total. The van der Waals surface area contributed by atoms with Gasteiger partial charge in [-0.05, 0) is 48.3 Å². The van der Waals surface area contributed by atoms with E-state index in [1.165, 1.54) is 6.07 Å². The number of fused-ring (bicyclic) bond motifs is 1. The fourth-order valence-corrected chi connectivity index (χ4v) is 3.55. The van der Waals surface area contributed by atoms with Crippen LogP contribution in [0.15, 0.2) is 59.7 Å². The maximum absolute atomic E-state index is 14.7. The van der Waals surface area contributed by atoms with Gasteiger partial charge in [0.2, 0.25) is 0 Å². The van der Waals surface area contributed by atoms with E-state index in [1.54, 1.807) is 6.07 Å². The quantitative estimate of drug-likeness (QED) is 0.604. The molecule has 2 aromatic rings. The molecule has 0 radical (unpaired) electrons. The fraction of sp³-hybridized carbons (Fsp3) is 0.238. The van der Waals surface area contributed by atoms with Crippen LogP contribution in [0, 0.1) is 11.6 Å². The van der Waals surface area contributed by atoms with E-state index < -0.39 is 17.0 Å². The van der Waals surface area contributed by atoms with Gasteiger partial charge in [0, 0.05) is 11.0 Å². The SMILES string of the molecule is CC(C)=C1C=C(c2ccccc2)c2ccc(F)c(F)c2C1(C)C. The second kappa shape index (κ2) is 5.45. The summed E-state index contributed by atoms with van der Waals surface area (Å²) in [6.07, 6.45) is 2.12. The van der Waals surface area contributed by atoms with Crippen LogP contribution < -0.4 is 0 Å². The molecular weight excluding hydrogens is 290 g/mol. The summed E-state index contributed by atoms with van der Waals surface area (Å²) in [4.78, 5) is 0. The van der Waals surface area contributed by atoms with E-state index in [0.717, 1.165) is 27.8 Å². The second-order valence-corrected chi connectivity index (χ2v) is 6.75. The Morgan fingerprint density at radius 3 is 2.17 bits per heavy atom. The molecule has 1 aliphatic rings. The van der Waals surface area contributed by atoms with Crippen LogP contribution in [-0.2, 0) is 5.41 Å². The minimum atomic E-state index is -0.792. The van der Waals surface area contributed by atoms with E-state index >= 15 is 0 Å². The fourth-order valence-electron chi connectivity index (χ4n) is 3.55. The lowest BCUT2D eigenvalue weighted by Crippen LogP contribution is -2.28. The third-order valence-corrected chi connectivity index (χ3v) is 4.60. The van der Waals surface area contributed by atoms with Crippen molar-refractivity contribution >= 4 is 5.57 Å². The van der Waals surface area contributed by atoms with Crippen molar-refractivity contribution in [3.05, 3.63) is 88.0 Å². The predicted octanol–water partition coefficient (Wildman–Crippen LogP) is 6.02. The van der Waals surface area contributed by atoms with Crippen LogP contribution in [0.25, 0.3) is 5.57 Å². The highest BCUT2D eigenvalue weighted by molar-refractivity contribution is 5.87. The van der Waals surface area contributed by atoms with Crippen molar-refractivity contribution in [1.29, 1.82) is 0 Å². The van der Waals surface area contributed by atoms with Crippen molar-refractivity contribution in [2.75, 3.05) is 0 Å². The summed E-state index contributed by atoms with van der Waals surface area (Å²) in [6.45, 7) is 7.93. The zero-order chi connectivity index (χ0) is 16.8. The molecule has 0 atom stereocenters. The van der Waals surface area contributed by atoms with Gasteiger partial charge in [0.15, 0.2) is 11.6 Å². The van der Waals surface area contributed by atoms with Crippen molar-refractivity contribution in [3.8, 4) is 0 Å². The van der Waals surface area contributed by atoms with Crippen LogP contribution in [0.4, 0.5) is 8.78 Å². The van der Waals surface area contributed by atoms with Crippen LogP contribution in [0.1, 0.15) is 44.4 Å². The molecule has 0 unspecified atom stereocenters.